The molecule has 0 amide bonds. The third-order valence-electron chi connectivity index (χ3n) is 7.27. The molecule has 0 saturated carbocycles. The smallest absolute Gasteiger partial charge is 0.216 e. The molecule has 6 aromatic rings. The molecule has 4 nitrogen and oxygen atoms in total. The summed E-state index contributed by atoms with van der Waals surface area (Å²) in [7, 11) is 0. The molecule has 0 unspecified atom stereocenters. The van der Waals surface area contributed by atoms with E-state index in [1.165, 1.54) is 5.56 Å². The third-order valence-corrected chi connectivity index (χ3v) is 11.6. The van der Waals surface area contributed by atoms with Gasteiger partial charge in [0.1, 0.15) is 5.82 Å². The van der Waals surface area contributed by atoms with Gasteiger partial charge in [-0.2, -0.15) is 0 Å². The Morgan fingerprint density at radius 3 is 2.34 bits per heavy atom. The molecule has 0 bridgehead atoms. The van der Waals surface area contributed by atoms with Crippen molar-refractivity contribution in [2.75, 3.05) is 0 Å². The van der Waals surface area contributed by atoms with Crippen molar-refractivity contribution in [3.63, 3.8) is 0 Å². The maximum atomic E-state index is 14.0. The van der Waals surface area contributed by atoms with E-state index in [1.54, 1.807) is 36.6 Å². The molecule has 0 spiro atoms. The molecule has 229 valence electrons. The molecule has 0 atom stereocenters. The number of benzene rings is 2. The first-order chi connectivity index (χ1) is 20.8. The van der Waals surface area contributed by atoms with Crippen molar-refractivity contribution in [2.45, 2.75) is 57.3 Å². The predicted octanol–water partition coefficient (Wildman–Crippen LogP) is 9.40. The number of hydrogen-bond acceptors (Lipinski definition) is 4. The molecule has 0 N–H and O–H groups in total. The van der Waals surface area contributed by atoms with Crippen LogP contribution < -0.4 is 4.40 Å². The first-order valence-electron chi connectivity index (χ1n) is 15.1. The molecule has 0 aliphatic heterocycles. The number of halogens is 1. The average molecular weight is 826 g/mol. The maximum Gasteiger partial charge on any atom is 0.216 e. The van der Waals surface area contributed by atoms with Crippen molar-refractivity contribution >= 4 is 39.7 Å². The van der Waals surface area contributed by atoms with Crippen molar-refractivity contribution in [1.29, 1.82) is 0 Å². The van der Waals surface area contributed by atoms with Gasteiger partial charge in [-0.15, -0.1) is 18.2 Å². The summed E-state index contributed by atoms with van der Waals surface area (Å²) in [6.07, 6.45) is 6.09. The van der Waals surface area contributed by atoms with Crippen LogP contribution in [0.4, 0.5) is 4.39 Å². The zero-order valence-electron chi connectivity index (χ0n) is 27.3. The van der Waals surface area contributed by atoms with E-state index >= 15 is 0 Å². The topological polar surface area (TPSA) is 51.8 Å². The van der Waals surface area contributed by atoms with Crippen molar-refractivity contribution in [3.8, 4) is 22.5 Å². The first kappa shape index (κ1) is 32.2. The van der Waals surface area contributed by atoms with E-state index in [0.717, 1.165) is 34.6 Å². The van der Waals surface area contributed by atoms with Crippen LogP contribution in [0.3, 0.4) is 0 Å². The summed E-state index contributed by atoms with van der Waals surface area (Å²) in [5.41, 5.74) is 6.23. The van der Waals surface area contributed by atoms with Gasteiger partial charge in [0.05, 0.1) is 11.8 Å². The second-order valence-electron chi connectivity index (χ2n) is 12.5. The van der Waals surface area contributed by atoms with Gasteiger partial charge in [0.25, 0.3) is 0 Å². The van der Waals surface area contributed by atoms with Crippen LogP contribution in [-0.4, -0.2) is 28.2 Å². The number of fused-ring (bicyclic) bond motifs is 3. The van der Waals surface area contributed by atoms with Gasteiger partial charge < -0.3 is 9.40 Å². The zero-order chi connectivity index (χ0) is 31.6. The van der Waals surface area contributed by atoms with Gasteiger partial charge in [-0.3, -0.25) is 0 Å². The number of pyridine rings is 3. The van der Waals surface area contributed by atoms with Gasteiger partial charge >= 0.3 is 126 Å². The summed E-state index contributed by atoms with van der Waals surface area (Å²) < 4.78 is 29.6. The molecular formula is C37H38FGeIrN3O-2. The second-order valence-corrected chi connectivity index (χ2v) is 23.0. The normalized spacial score (nSPS) is 12.1. The van der Waals surface area contributed by atoms with Crippen LogP contribution in [0.15, 0.2) is 83.7 Å². The van der Waals surface area contributed by atoms with E-state index < -0.39 is 25.0 Å². The average Bonchev–Trinajstić information content (AvgIpc) is 3.36. The molecule has 2 aromatic carbocycles. The van der Waals surface area contributed by atoms with E-state index in [0.29, 0.717) is 28.5 Å². The Kier molecular flexibility index (Phi) is 10.5. The number of aromatic nitrogens is 3. The van der Waals surface area contributed by atoms with Crippen LogP contribution in [-0.2, 0) is 26.5 Å². The van der Waals surface area contributed by atoms with E-state index in [1.807, 2.05) is 36.4 Å². The largest absolute Gasteiger partial charge is 0.486 e. The Bertz CT molecular complexity index is 1910. The summed E-state index contributed by atoms with van der Waals surface area (Å²) in [6.45, 7) is 7.86. The Morgan fingerprint density at radius 1 is 0.886 bits per heavy atom. The minimum atomic E-state index is -1.86. The molecule has 0 aliphatic carbocycles. The van der Waals surface area contributed by atoms with Crippen LogP contribution in [0.2, 0.25) is 17.3 Å². The molecule has 0 saturated heterocycles. The minimum Gasteiger partial charge on any atom is -0.486 e. The first-order valence-corrected chi connectivity index (χ1v) is 22.0. The SMILES string of the molecule is CC(C)Cc1cc(-c2[c-]cccc2)nc[c]1[Ge]([CH3])([CH3])[CH3].[2H]C(C)(C)c1cc(-c2[c-]ccc3c2oc2ncccc23)ncc1F.[Ir]. The molecule has 0 aliphatic rings. The summed E-state index contributed by atoms with van der Waals surface area (Å²) in [6, 6.07) is 25.8. The number of nitrogens with zero attached hydrogens (tertiary/aromatic N) is 3. The quantitative estimate of drug-likeness (QED) is 0.124. The van der Waals surface area contributed by atoms with Gasteiger partial charge in [-0.05, 0) is 29.3 Å². The van der Waals surface area contributed by atoms with Gasteiger partial charge in [-0.1, -0.05) is 30.9 Å². The van der Waals surface area contributed by atoms with Crippen molar-refractivity contribution in [1.82, 2.24) is 15.0 Å². The van der Waals surface area contributed by atoms with E-state index in [-0.39, 0.29) is 25.7 Å². The van der Waals surface area contributed by atoms with Crippen LogP contribution in [0, 0.1) is 23.9 Å². The van der Waals surface area contributed by atoms with Gasteiger partial charge in [0.2, 0.25) is 5.71 Å². The number of rotatable bonds is 6. The third kappa shape index (κ3) is 7.54. The van der Waals surface area contributed by atoms with Gasteiger partial charge in [0, 0.05) is 33.1 Å². The molecular weight excluding hydrogens is 786 g/mol. The fraction of sp³-hybridized carbons (Fsp3) is 0.270. The number of furan rings is 1. The van der Waals surface area contributed by atoms with E-state index in [4.69, 9.17) is 10.8 Å². The van der Waals surface area contributed by atoms with Crippen LogP contribution >= 0.6 is 0 Å². The van der Waals surface area contributed by atoms with Crippen LogP contribution in [0.1, 0.15) is 46.1 Å². The molecule has 4 heterocycles. The maximum absolute atomic E-state index is 14.0. The Labute approximate surface area is 277 Å². The van der Waals surface area contributed by atoms with E-state index in [9.17, 15) is 4.39 Å². The molecule has 44 heavy (non-hydrogen) atoms. The van der Waals surface area contributed by atoms with Crippen LogP contribution in [0.25, 0.3) is 44.6 Å². The number of hydrogen-bond donors (Lipinski definition) is 0. The summed E-state index contributed by atoms with van der Waals surface area (Å²) in [5.74, 6) is 6.44. The molecule has 7 heteroatoms. The van der Waals surface area contributed by atoms with Gasteiger partial charge in [-0.25, -0.2) is 9.37 Å². The Morgan fingerprint density at radius 2 is 1.66 bits per heavy atom. The molecule has 4 aromatic heterocycles. The molecule has 1 radical (unpaired) electrons. The monoisotopic (exact) mass is 827 g/mol. The van der Waals surface area contributed by atoms with Gasteiger partial charge in [0.15, 0.2) is 0 Å². The zero-order valence-corrected chi connectivity index (χ0v) is 30.7. The predicted molar refractivity (Wildman–Crippen MR) is 178 cm³/mol. The Balaban J connectivity index is 0.000000204. The van der Waals surface area contributed by atoms with E-state index in [2.05, 4.69) is 71.5 Å². The van der Waals surface area contributed by atoms with Crippen LogP contribution in [0.5, 0.6) is 0 Å². The van der Waals surface area contributed by atoms with Crippen molar-refractivity contribution in [2.24, 2.45) is 5.92 Å². The second kappa shape index (κ2) is 14.3. The molecule has 6 rings (SSSR count). The summed E-state index contributed by atoms with van der Waals surface area (Å²) in [4.78, 5) is 13.1. The van der Waals surface area contributed by atoms with Crippen molar-refractivity contribution in [3.05, 3.63) is 108 Å². The molecule has 0 fully saturated rings. The minimum absolute atomic E-state index is 0. The summed E-state index contributed by atoms with van der Waals surface area (Å²) in [5, 5.41) is 1.82. The summed E-state index contributed by atoms with van der Waals surface area (Å²) >= 11 is -1.86. The van der Waals surface area contributed by atoms with Crippen molar-refractivity contribution < 1.29 is 30.3 Å². The Hall–Kier alpha value is -3.19. The fourth-order valence-electron chi connectivity index (χ4n) is 5.21. The fourth-order valence-corrected chi connectivity index (χ4v) is 8.54. The standard InChI is InChI=1S/C19H14FN2O.C18H24GeN.Ir/c1-11(2)15-9-17(22-10-16(15)20)14-6-3-5-12-13-7-4-8-21-19(13)23-18(12)14;1-14(2)11-16-12-18(15-9-7-6-8-10-15)20-13-17(16)19(3,4)5;/h3-5,7-11H,1-2H3;6-9,12-14H,11H2,1-5H3;/q2*-1;/i11D;;.